The summed E-state index contributed by atoms with van der Waals surface area (Å²) in [7, 11) is 0. The molecule has 1 atom stereocenters. The van der Waals surface area contributed by atoms with Gasteiger partial charge in [0.1, 0.15) is 11.4 Å². The van der Waals surface area contributed by atoms with Crippen molar-refractivity contribution in [3.63, 3.8) is 0 Å². The Morgan fingerprint density at radius 2 is 2.08 bits per heavy atom. The molecule has 1 amide bonds. The van der Waals surface area contributed by atoms with E-state index in [0.717, 1.165) is 13.0 Å². The van der Waals surface area contributed by atoms with Gasteiger partial charge in [-0.1, -0.05) is 19.4 Å². The fourth-order valence-corrected chi connectivity index (χ4v) is 3.52. The topological polar surface area (TPSA) is 45.7 Å². The standard InChI is InChI=1S/C21H35N3O2/c1-7-13-24(20(25)26-21(4,5)6)19-12-11-17(15-22-19)18-10-8-9-14-23(18)16(2)3/h11-12,15-16,18H,7-10,13-14H2,1-6H3/t18-/m1/s1. The van der Waals surface area contributed by atoms with Gasteiger partial charge in [0, 0.05) is 24.8 Å². The highest BCUT2D eigenvalue weighted by Gasteiger charge is 2.27. The number of aromatic nitrogens is 1. The average Bonchev–Trinajstić information content (AvgIpc) is 2.58. The lowest BCUT2D eigenvalue weighted by molar-refractivity contribution is 0.0579. The van der Waals surface area contributed by atoms with E-state index in [2.05, 4.69) is 29.8 Å². The summed E-state index contributed by atoms with van der Waals surface area (Å²) in [6.45, 7) is 14.0. The quantitative estimate of drug-likeness (QED) is 0.726. The van der Waals surface area contributed by atoms with Crippen LogP contribution in [0.1, 0.15) is 78.8 Å². The molecule has 2 rings (SSSR count). The number of ether oxygens (including phenoxy) is 1. The summed E-state index contributed by atoms with van der Waals surface area (Å²) in [6.07, 6.45) is 6.16. The number of hydrogen-bond donors (Lipinski definition) is 0. The molecule has 0 spiro atoms. The molecule has 0 saturated carbocycles. The minimum absolute atomic E-state index is 0.332. The highest BCUT2D eigenvalue weighted by atomic mass is 16.6. The molecule has 0 unspecified atom stereocenters. The van der Waals surface area contributed by atoms with Crippen molar-refractivity contribution < 1.29 is 9.53 Å². The van der Waals surface area contributed by atoms with Gasteiger partial charge in [-0.05, 0) is 72.1 Å². The first-order chi connectivity index (χ1) is 12.2. The van der Waals surface area contributed by atoms with Crippen molar-refractivity contribution in [2.45, 2.75) is 84.9 Å². The molecule has 2 heterocycles. The van der Waals surface area contributed by atoms with Crippen LogP contribution in [0.25, 0.3) is 0 Å². The second kappa shape index (κ2) is 8.85. The molecule has 1 fully saturated rings. The maximum atomic E-state index is 12.5. The zero-order chi connectivity index (χ0) is 19.3. The van der Waals surface area contributed by atoms with Crippen LogP contribution in [0.3, 0.4) is 0 Å². The first-order valence-corrected chi connectivity index (χ1v) is 9.95. The predicted molar refractivity (Wildman–Crippen MR) is 107 cm³/mol. The third kappa shape index (κ3) is 5.44. The Hall–Kier alpha value is -1.62. The van der Waals surface area contributed by atoms with Gasteiger partial charge in [0.25, 0.3) is 0 Å². The van der Waals surface area contributed by atoms with E-state index in [-0.39, 0.29) is 6.09 Å². The third-order valence-corrected chi connectivity index (χ3v) is 4.70. The Morgan fingerprint density at radius 1 is 1.35 bits per heavy atom. The van der Waals surface area contributed by atoms with E-state index < -0.39 is 5.60 Å². The normalized spacial score (nSPS) is 18.8. The molecule has 0 aliphatic carbocycles. The molecule has 5 nitrogen and oxygen atoms in total. The van der Waals surface area contributed by atoms with Crippen LogP contribution in [-0.2, 0) is 4.74 Å². The van der Waals surface area contributed by atoms with Gasteiger partial charge in [0.05, 0.1) is 0 Å². The second-order valence-electron chi connectivity index (χ2n) is 8.42. The lowest BCUT2D eigenvalue weighted by Gasteiger charge is -2.38. The highest BCUT2D eigenvalue weighted by molar-refractivity contribution is 5.86. The smallest absolute Gasteiger partial charge is 0.416 e. The number of carbonyl (C=O) groups is 1. The van der Waals surface area contributed by atoms with E-state index in [4.69, 9.17) is 4.74 Å². The number of nitrogens with zero attached hydrogens (tertiary/aromatic N) is 3. The average molecular weight is 362 g/mol. The fraction of sp³-hybridized carbons (Fsp3) is 0.714. The molecule has 0 N–H and O–H groups in total. The Labute approximate surface area is 158 Å². The van der Waals surface area contributed by atoms with Gasteiger partial charge >= 0.3 is 6.09 Å². The van der Waals surface area contributed by atoms with Gasteiger partial charge < -0.3 is 4.74 Å². The molecule has 1 aromatic heterocycles. The number of pyridine rings is 1. The van der Waals surface area contributed by atoms with E-state index in [0.29, 0.717) is 24.4 Å². The molecular formula is C21H35N3O2. The highest BCUT2D eigenvalue weighted by Crippen LogP contribution is 2.32. The SMILES string of the molecule is CCCN(C(=O)OC(C)(C)C)c1ccc([C@H]2CCCCN2C(C)C)cn1. The van der Waals surface area contributed by atoms with Crippen molar-refractivity contribution in [2.75, 3.05) is 18.0 Å². The van der Waals surface area contributed by atoms with Crippen LogP contribution in [0.4, 0.5) is 10.6 Å². The summed E-state index contributed by atoms with van der Waals surface area (Å²) >= 11 is 0. The van der Waals surface area contributed by atoms with Crippen molar-refractivity contribution >= 4 is 11.9 Å². The zero-order valence-corrected chi connectivity index (χ0v) is 17.3. The van der Waals surface area contributed by atoms with Gasteiger partial charge in [-0.3, -0.25) is 9.80 Å². The van der Waals surface area contributed by atoms with Gasteiger partial charge in [-0.2, -0.15) is 0 Å². The monoisotopic (exact) mass is 361 g/mol. The van der Waals surface area contributed by atoms with Crippen LogP contribution in [0.5, 0.6) is 0 Å². The molecular weight excluding hydrogens is 326 g/mol. The molecule has 26 heavy (non-hydrogen) atoms. The maximum absolute atomic E-state index is 12.5. The lowest BCUT2D eigenvalue weighted by atomic mass is 9.95. The van der Waals surface area contributed by atoms with Crippen LogP contribution in [-0.4, -0.2) is 40.7 Å². The number of anilines is 1. The molecule has 0 bridgehead atoms. The number of likely N-dealkylation sites (tertiary alicyclic amines) is 1. The maximum Gasteiger partial charge on any atom is 0.416 e. The van der Waals surface area contributed by atoms with Gasteiger partial charge in [-0.25, -0.2) is 9.78 Å². The van der Waals surface area contributed by atoms with Crippen molar-refractivity contribution in [1.82, 2.24) is 9.88 Å². The minimum Gasteiger partial charge on any atom is -0.443 e. The van der Waals surface area contributed by atoms with Crippen LogP contribution in [0, 0.1) is 0 Å². The summed E-state index contributed by atoms with van der Waals surface area (Å²) < 4.78 is 5.54. The van der Waals surface area contributed by atoms with E-state index in [1.807, 2.05) is 40.0 Å². The zero-order valence-electron chi connectivity index (χ0n) is 17.3. The lowest BCUT2D eigenvalue weighted by Crippen LogP contribution is -2.39. The first kappa shape index (κ1) is 20.7. The number of hydrogen-bond acceptors (Lipinski definition) is 4. The third-order valence-electron chi connectivity index (χ3n) is 4.70. The summed E-state index contributed by atoms with van der Waals surface area (Å²) in [4.78, 5) is 21.3. The van der Waals surface area contributed by atoms with Crippen molar-refractivity contribution in [1.29, 1.82) is 0 Å². The molecule has 1 saturated heterocycles. The van der Waals surface area contributed by atoms with E-state index in [1.54, 1.807) is 4.90 Å². The van der Waals surface area contributed by atoms with Gasteiger partial charge in [0.2, 0.25) is 0 Å². The van der Waals surface area contributed by atoms with E-state index >= 15 is 0 Å². The number of piperidine rings is 1. The van der Waals surface area contributed by atoms with Crippen molar-refractivity contribution in [3.8, 4) is 0 Å². The molecule has 5 heteroatoms. The summed E-state index contributed by atoms with van der Waals surface area (Å²) in [5, 5.41) is 0. The molecule has 1 aliphatic heterocycles. The van der Waals surface area contributed by atoms with Crippen LogP contribution >= 0.6 is 0 Å². The largest absolute Gasteiger partial charge is 0.443 e. The molecule has 0 aromatic carbocycles. The number of rotatable bonds is 5. The Balaban J connectivity index is 2.18. The molecule has 146 valence electrons. The van der Waals surface area contributed by atoms with Gasteiger partial charge in [-0.15, -0.1) is 0 Å². The van der Waals surface area contributed by atoms with Crippen LogP contribution in [0.2, 0.25) is 0 Å². The van der Waals surface area contributed by atoms with Crippen LogP contribution < -0.4 is 4.90 Å². The fourth-order valence-electron chi connectivity index (χ4n) is 3.52. The molecule has 0 radical (unpaired) electrons. The summed E-state index contributed by atoms with van der Waals surface area (Å²) in [5.41, 5.74) is 0.728. The summed E-state index contributed by atoms with van der Waals surface area (Å²) in [6, 6.07) is 5.03. The molecule has 1 aromatic rings. The second-order valence-corrected chi connectivity index (χ2v) is 8.42. The van der Waals surface area contributed by atoms with Crippen LogP contribution in [0.15, 0.2) is 18.3 Å². The first-order valence-electron chi connectivity index (χ1n) is 9.95. The molecule has 1 aliphatic rings. The van der Waals surface area contributed by atoms with E-state index in [1.165, 1.54) is 24.8 Å². The van der Waals surface area contributed by atoms with E-state index in [9.17, 15) is 4.79 Å². The van der Waals surface area contributed by atoms with Crippen molar-refractivity contribution in [2.24, 2.45) is 0 Å². The number of amides is 1. The predicted octanol–water partition coefficient (Wildman–Crippen LogP) is 5.17. The Bertz CT molecular complexity index is 578. The number of carbonyl (C=O) groups excluding carboxylic acids is 1. The Morgan fingerprint density at radius 3 is 2.62 bits per heavy atom. The Kier molecular flexibility index (Phi) is 7.04. The van der Waals surface area contributed by atoms with Gasteiger partial charge in [0.15, 0.2) is 0 Å². The minimum atomic E-state index is -0.511. The van der Waals surface area contributed by atoms with Crippen molar-refractivity contribution in [3.05, 3.63) is 23.9 Å². The summed E-state index contributed by atoms with van der Waals surface area (Å²) in [5.74, 6) is 0.664.